The van der Waals surface area contributed by atoms with Crippen LogP contribution >= 0.6 is 11.3 Å². The summed E-state index contributed by atoms with van der Waals surface area (Å²) >= 11 is 1.72. The van der Waals surface area contributed by atoms with E-state index in [2.05, 4.69) is 31.2 Å². The quantitative estimate of drug-likeness (QED) is 0.759. The highest BCUT2D eigenvalue weighted by atomic mass is 32.1. The van der Waals surface area contributed by atoms with Crippen LogP contribution in [0.5, 0.6) is 11.5 Å². The number of phenols is 1. The van der Waals surface area contributed by atoms with E-state index in [9.17, 15) is 5.11 Å². The number of fused-ring (bicyclic) bond motifs is 1. The molecular formula is C16H14O2S. The first-order chi connectivity index (χ1) is 9.22. The van der Waals surface area contributed by atoms with Crippen molar-refractivity contribution < 1.29 is 9.84 Å². The van der Waals surface area contributed by atoms with Crippen LogP contribution in [0.2, 0.25) is 0 Å². The lowest BCUT2D eigenvalue weighted by Gasteiger charge is -2.05. The zero-order chi connectivity index (χ0) is 13.2. The van der Waals surface area contributed by atoms with Crippen LogP contribution in [0, 0.1) is 6.92 Å². The molecular weight excluding hydrogens is 256 g/mol. The number of rotatable bonds is 3. The molecule has 1 aromatic heterocycles. The first-order valence-electron chi connectivity index (χ1n) is 6.12. The standard InChI is InChI=1S/C16H14O2S/c1-11-6-7-16-12(8-11)9-13(19-16)10-18-15-5-3-2-4-14(15)17/h2-9,17H,10H2,1H3. The van der Waals surface area contributed by atoms with Crippen molar-refractivity contribution in [3.8, 4) is 11.5 Å². The number of aryl methyl sites for hydroxylation is 1. The molecule has 1 heterocycles. The average molecular weight is 270 g/mol. The number of hydrogen-bond acceptors (Lipinski definition) is 3. The molecule has 0 bridgehead atoms. The van der Waals surface area contributed by atoms with E-state index < -0.39 is 0 Å². The summed E-state index contributed by atoms with van der Waals surface area (Å²) in [7, 11) is 0. The van der Waals surface area contributed by atoms with E-state index in [0.717, 1.165) is 4.88 Å². The molecule has 0 spiro atoms. The van der Waals surface area contributed by atoms with E-state index in [1.165, 1.54) is 15.6 Å². The van der Waals surface area contributed by atoms with Gasteiger partial charge in [-0.3, -0.25) is 0 Å². The SMILES string of the molecule is Cc1ccc2sc(COc3ccccc3O)cc2c1. The van der Waals surface area contributed by atoms with Gasteiger partial charge in [0, 0.05) is 9.58 Å². The largest absolute Gasteiger partial charge is 0.504 e. The van der Waals surface area contributed by atoms with Crippen molar-refractivity contribution in [3.63, 3.8) is 0 Å². The summed E-state index contributed by atoms with van der Waals surface area (Å²) in [6.07, 6.45) is 0. The van der Waals surface area contributed by atoms with Crippen molar-refractivity contribution in [3.05, 3.63) is 59.0 Å². The Morgan fingerprint density at radius 2 is 1.95 bits per heavy atom. The monoisotopic (exact) mass is 270 g/mol. The summed E-state index contributed by atoms with van der Waals surface area (Å²) in [5, 5.41) is 10.9. The highest BCUT2D eigenvalue weighted by molar-refractivity contribution is 7.19. The lowest BCUT2D eigenvalue weighted by atomic mass is 10.2. The fourth-order valence-corrected chi connectivity index (χ4v) is 2.97. The van der Waals surface area contributed by atoms with Crippen molar-refractivity contribution in [1.82, 2.24) is 0 Å². The number of hydrogen-bond donors (Lipinski definition) is 1. The Morgan fingerprint density at radius 3 is 2.79 bits per heavy atom. The van der Waals surface area contributed by atoms with Crippen molar-refractivity contribution >= 4 is 21.4 Å². The molecule has 3 aromatic rings. The third kappa shape index (κ3) is 2.56. The minimum Gasteiger partial charge on any atom is -0.504 e. The Bertz CT molecular complexity index is 716. The van der Waals surface area contributed by atoms with Crippen LogP contribution in [0.4, 0.5) is 0 Å². The maximum absolute atomic E-state index is 9.64. The molecule has 0 saturated carbocycles. The van der Waals surface area contributed by atoms with Gasteiger partial charge in [-0.15, -0.1) is 11.3 Å². The second-order valence-electron chi connectivity index (χ2n) is 4.51. The molecule has 3 heteroatoms. The Labute approximate surface area is 115 Å². The molecule has 0 aliphatic heterocycles. The molecule has 0 aliphatic rings. The molecule has 0 saturated heterocycles. The van der Waals surface area contributed by atoms with Gasteiger partial charge in [-0.2, -0.15) is 0 Å². The van der Waals surface area contributed by atoms with Gasteiger partial charge in [0.05, 0.1) is 0 Å². The van der Waals surface area contributed by atoms with Crippen LogP contribution in [-0.2, 0) is 6.61 Å². The minimum absolute atomic E-state index is 0.180. The number of para-hydroxylation sites is 2. The molecule has 96 valence electrons. The van der Waals surface area contributed by atoms with E-state index in [0.29, 0.717) is 12.4 Å². The normalized spacial score (nSPS) is 10.8. The lowest BCUT2D eigenvalue weighted by Crippen LogP contribution is -1.92. The van der Waals surface area contributed by atoms with E-state index >= 15 is 0 Å². The first kappa shape index (κ1) is 12.1. The molecule has 2 nitrogen and oxygen atoms in total. The molecule has 0 fully saturated rings. The smallest absolute Gasteiger partial charge is 0.161 e. The number of thiophene rings is 1. The van der Waals surface area contributed by atoms with Gasteiger partial charge in [0.25, 0.3) is 0 Å². The predicted octanol–water partition coefficient (Wildman–Crippen LogP) is 4.49. The summed E-state index contributed by atoms with van der Waals surface area (Å²) in [6, 6.07) is 15.6. The van der Waals surface area contributed by atoms with Crippen LogP contribution in [0.1, 0.15) is 10.4 Å². The van der Waals surface area contributed by atoms with Gasteiger partial charge < -0.3 is 9.84 Å². The van der Waals surface area contributed by atoms with Gasteiger partial charge in [0.2, 0.25) is 0 Å². The molecule has 0 amide bonds. The summed E-state index contributed by atoms with van der Waals surface area (Å²) in [5.41, 5.74) is 1.26. The minimum atomic E-state index is 0.180. The number of phenolic OH excluding ortho intramolecular Hbond substituents is 1. The van der Waals surface area contributed by atoms with Gasteiger partial charge in [0.1, 0.15) is 6.61 Å². The summed E-state index contributed by atoms with van der Waals surface area (Å²) in [6.45, 7) is 2.57. The number of aromatic hydroxyl groups is 1. The zero-order valence-electron chi connectivity index (χ0n) is 10.6. The zero-order valence-corrected chi connectivity index (χ0v) is 11.4. The van der Waals surface area contributed by atoms with E-state index in [1.54, 1.807) is 29.5 Å². The Morgan fingerprint density at radius 1 is 1.11 bits per heavy atom. The van der Waals surface area contributed by atoms with Gasteiger partial charge in [-0.05, 0) is 36.6 Å². The molecule has 2 aromatic carbocycles. The Kier molecular flexibility index (Phi) is 3.13. The maximum atomic E-state index is 9.64. The predicted molar refractivity (Wildman–Crippen MR) is 79.0 cm³/mol. The first-order valence-corrected chi connectivity index (χ1v) is 6.94. The molecule has 0 aliphatic carbocycles. The van der Waals surface area contributed by atoms with Crippen molar-refractivity contribution in [2.75, 3.05) is 0 Å². The molecule has 19 heavy (non-hydrogen) atoms. The lowest BCUT2D eigenvalue weighted by molar-refractivity contribution is 0.292. The van der Waals surface area contributed by atoms with Crippen molar-refractivity contribution in [2.24, 2.45) is 0 Å². The molecule has 0 atom stereocenters. The fraction of sp³-hybridized carbons (Fsp3) is 0.125. The topological polar surface area (TPSA) is 29.5 Å². The maximum Gasteiger partial charge on any atom is 0.161 e. The molecule has 0 radical (unpaired) electrons. The fourth-order valence-electron chi connectivity index (χ4n) is 2.02. The summed E-state index contributed by atoms with van der Waals surface area (Å²) in [4.78, 5) is 1.16. The van der Waals surface area contributed by atoms with Gasteiger partial charge in [-0.25, -0.2) is 0 Å². The third-order valence-corrected chi connectivity index (χ3v) is 4.05. The van der Waals surface area contributed by atoms with Crippen LogP contribution in [-0.4, -0.2) is 5.11 Å². The highest BCUT2D eigenvalue weighted by Gasteiger charge is 2.05. The number of benzene rings is 2. The third-order valence-electron chi connectivity index (χ3n) is 2.96. The van der Waals surface area contributed by atoms with Crippen molar-refractivity contribution in [2.45, 2.75) is 13.5 Å². The Hall–Kier alpha value is -2.00. The summed E-state index contributed by atoms with van der Waals surface area (Å²) < 4.78 is 6.91. The molecule has 3 rings (SSSR count). The van der Waals surface area contributed by atoms with Gasteiger partial charge >= 0.3 is 0 Å². The second-order valence-corrected chi connectivity index (χ2v) is 5.68. The van der Waals surface area contributed by atoms with Crippen LogP contribution < -0.4 is 4.74 Å². The van der Waals surface area contributed by atoms with E-state index in [4.69, 9.17) is 4.74 Å². The Balaban J connectivity index is 1.80. The van der Waals surface area contributed by atoms with E-state index in [-0.39, 0.29) is 5.75 Å². The average Bonchev–Trinajstić information content (AvgIpc) is 2.79. The van der Waals surface area contributed by atoms with Crippen molar-refractivity contribution in [1.29, 1.82) is 0 Å². The van der Waals surface area contributed by atoms with Gasteiger partial charge in [0.15, 0.2) is 11.5 Å². The van der Waals surface area contributed by atoms with Crippen LogP contribution in [0.25, 0.3) is 10.1 Å². The van der Waals surface area contributed by atoms with Gasteiger partial charge in [-0.1, -0.05) is 29.8 Å². The summed E-state index contributed by atoms with van der Waals surface area (Å²) in [5.74, 6) is 0.704. The molecule has 0 unspecified atom stereocenters. The molecule has 1 N–H and O–H groups in total. The second kappa shape index (κ2) is 4.94. The number of ether oxygens (including phenoxy) is 1. The van der Waals surface area contributed by atoms with Crippen LogP contribution in [0.15, 0.2) is 48.5 Å². The highest BCUT2D eigenvalue weighted by Crippen LogP contribution is 2.29. The van der Waals surface area contributed by atoms with E-state index in [1.807, 2.05) is 6.07 Å². The van der Waals surface area contributed by atoms with Crippen LogP contribution in [0.3, 0.4) is 0 Å².